The number of ether oxygens (including phenoxy) is 1. The molecule has 0 saturated carbocycles. The fraction of sp³-hybridized carbons (Fsp3) is 0.533. The van der Waals surface area contributed by atoms with Gasteiger partial charge in [0.2, 0.25) is 0 Å². The fourth-order valence-electron chi connectivity index (χ4n) is 2.25. The molecule has 0 bridgehead atoms. The summed E-state index contributed by atoms with van der Waals surface area (Å²) in [6.07, 6.45) is 1.83. The van der Waals surface area contributed by atoms with Crippen molar-refractivity contribution in [3.8, 4) is 0 Å². The summed E-state index contributed by atoms with van der Waals surface area (Å²) in [4.78, 5) is 14.0. The van der Waals surface area contributed by atoms with Crippen molar-refractivity contribution in [2.45, 2.75) is 50.0 Å². The van der Waals surface area contributed by atoms with E-state index in [1.165, 1.54) is 0 Å². The lowest BCUT2D eigenvalue weighted by molar-refractivity contribution is -0.130. The van der Waals surface area contributed by atoms with Gasteiger partial charge < -0.3 is 4.74 Å². The first-order chi connectivity index (χ1) is 10.4. The molecule has 122 valence electrons. The standard InChI is InChI=1S/C15H22N2O4S/c1-3-11(2)12-6-8-13(9-7-12)22(19,20)17-16-15(18)14-5-4-10-21-14/h6-9,11,14,17H,3-5,10H2,1-2H3,(H,16,18). The van der Waals surface area contributed by atoms with Crippen LogP contribution in [0.1, 0.15) is 44.6 Å². The van der Waals surface area contributed by atoms with Crippen molar-refractivity contribution < 1.29 is 17.9 Å². The number of carbonyl (C=O) groups is 1. The molecule has 2 atom stereocenters. The minimum Gasteiger partial charge on any atom is -0.368 e. The molecule has 22 heavy (non-hydrogen) atoms. The Kier molecular flexibility index (Phi) is 5.55. The molecule has 2 unspecified atom stereocenters. The highest BCUT2D eigenvalue weighted by molar-refractivity contribution is 7.89. The van der Waals surface area contributed by atoms with E-state index in [0.29, 0.717) is 18.9 Å². The molecule has 2 rings (SSSR count). The van der Waals surface area contributed by atoms with Crippen LogP contribution in [0.15, 0.2) is 29.2 Å². The summed E-state index contributed by atoms with van der Waals surface area (Å²) in [5.41, 5.74) is 3.30. The van der Waals surface area contributed by atoms with Crippen LogP contribution in [0.2, 0.25) is 0 Å². The number of hydrogen-bond donors (Lipinski definition) is 2. The van der Waals surface area contributed by atoms with Crippen LogP contribution in [0.3, 0.4) is 0 Å². The number of amides is 1. The minimum absolute atomic E-state index is 0.118. The van der Waals surface area contributed by atoms with Crippen LogP contribution >= 0.6 is 0 Å². The molecule has 0 aromatic heterocycles. The molecule has 1 fully saturated rings. The highest BCUT2D eigenvalue weighted by Gasteiger charge is 2.25. The summed E-state index contributed by atoms with van der Waals surface area (Å²) in [5, 5.41) is 0. The summed E-state index contributed by atoms with van der Waals surface area (Å²) < 4.78 is 29.5. The first-order valence-electron chi connectivity index (χ1n) is 7.47. The van der Waals surface area contributed by atoms with Crippen molar-refractivity contribution in [1.29, 1.82) is 0 Å². The molecule has 1 heterocycles. The number of rotatable bonds is 6. The number of benzene rings is 1. The van der Waals surface area contributed by atoms with E-state index >= 15 is 0 Å². The Bertz CT molecular complexity index is 607. The Balaban J connectivity index is 1.99. The topological polar surface area (TPSA) is 84.5 Å². The van der Waals surface area contributed by atoms with Gasteiger partial charge in [0.05, 0.1) is 4.90 Å². The third-order valence-corrected chi connectivity index (χ3v) is 5.17. The van der Waals surface area contributed by atoms with E-state index in [0.717, 1.165) is 18.4 Å². The highest BCUT2D eigenvalue weighted by atomic mass is 32.2. The second-order valence-electron chi connectivity index (χ2n) is 5.47. The van der Waals surface area contributed by atoms with Crippen LogP contribution in [0.4, 0.5) is 0 Å². The maximum atomic E-state index is 12.1. The predicted molar refractivity (Wildman–Crippen MR) is 82.6 cm³/mol. The summed E-state index contributed by atoms with van der Waals surface area (Å²) in [6.45, 7) is 4.70. The van der Waals surface area contributed by atoms with Crippen molar-refractivity contribution in [3.05, 3.63) is 29.8 Å². The van der Waals surface area contributed by atoms with Gasteiger partial charge in [-0.15, -0.1) is 4.83 Å². The van der Waals surface area contributed by atoms with Gasteiger partial charge in [-0.1, -0.05) is 26.0 Å². The number of hydrogen-bond acceptors (Lipinski definition) is 4. The van der Waals surface area contributed by atoms with E-state index in [9.17, 15) is 13.2 Å². The van der Waals surface area contributed by atoms with Gasteiger partial charge in [-0.05, 0) is 42.9 Å². The van der Waals surface area contributed by atoms with Crippen LogP contribution in [-0.4, -0.2) is 27.0 Å². The average Bonchev–Trinajstić information content (AvgIpc) is 3.06. The van der Waals surface area contributed by atoms with Gasteiger partial charge in [0.1, 0.15) is 6.10 Å². The summed E-state index contributed by atoms with van der Waals surface area (Å²) >= 11 is 0. The first kappa shape index (κ1) is 16.9. The maximum Gasteiger partial charge on any atom is 0.264 e. The van der Waals surface area contributed by atoms with Crippen LogP contribution in [0.25, 0.3) is 0 Å². The van der Waals surface area contributed by atoms with Gasteiger partial charge in [-0.2, -0.15) is 0 Å². The van der Waals surface area contributed by atoms with Crippen LogP contribution < -0.4 is 10.3 Å². The zero-order chi connectivity index (χ0) is 16.2. The van der Waals surface area contributed by atoms with Crippen molar-refractivity contribution in [1.82, 2.24) is 10.3 Å². The Hall–Kier alpha value is -1.44. The van der Waals surface area contributed by atoms with Gasteiger partial charge in [0, 0.05) is 6.61 Å². The normalized spacial score (nSPS) is 19.8. The molecule has 6 nitrogen and oxygen atoms in total. The average molecular weight is 326 g/mol. The molecule has 1 amide bonds. The zero-order valence-electron chi connectivity index (χ0n) is 12.8. The van der Waals surface area contributed by atoms with E-state index in [1.807, 2.05) is 0 Å². The second-order valence-corrected chi connectivity index (χ2v) is 7.16. The lowest BCUT2D eigenvalue weighted by atomic mass is 9.99. The van der Waals surface area contributed by atoms with Crippen molar-refractivity contribution in [2.75, 3.05) is 6.61 Å². The molecule has 1 aromatic carbocycles. The molecule has 7 heteroatoms. The summed E-state index contributed by atoms with van der Waals surface area (Å²) in [5.74, 6) is -0.0822. The molecule has 0 aliphatic carbocycles. The van der Waals surface area contributed by atoms with E-state index in [4.69, 9.17) is 4.74 Å². The van der Waals surface area contributed by atoms with Crippen molar-refractivity contribution in [2.24, 2.45) is 0 Å². The minimum atomic E-state index is -3.77. The number of nitrogens with one attached hydrogen (secondary N) is 2. The van der Waals surface area contributed by atoms with E-state index in [1.54, 1.807) is 24.3 Å². The predicted octanol–water partition coefficient (Wildman–Crippen LogP) is 1.69. The van der Waals surface area contributed by atoms with Gasteiger partial charge in [-0.25, -0.2) is 8.42 Å². The lowest BCUT2D eigenvalue weighted by Crippen LogP contribution is -2.46. The molecular formula is C15H22N2O4S. The highest BCUT2D eigenvalue weighted by Crippen LogP contribution is 2.20. The van der Waals surface area contributed by atoms with Gasteiger partial charge >= 0.3 is 0 Å². The van der Waals surface area contributed by atoms with Crippen LogP contribution in [0.5, 0.6) is 0 Å². The fourth-order valence-corrected chi connectivity index (χ4v) is 3.10. The molecule has 1 aliphatic rings. The largest absolute Gasteiger partial charge is 0.368 e. The quantitative estimate of drug-likeness (QED) is 0.779. The summed E-state index contributed by atoms with van der Waals surface area (Å²) in [7, 11) is -3.77. The SMILES string of the molecule is CCC(C)c1ccc(S(=O)(=O)NNC(=O)C2CCCO2)cc1. The molecule has 1 aliphatic heterocycles. The van der Waals surface area contributed by atoms with Crippen molar-refractivity contribution in [3.63, 3.8) is 0 Å². The first-order valence-corrected chi connectivity index (χ1v) is 8.95. The van der Waals surface area contributed by atoms with E-state index in [-0.39, 0.29) is 4.90 Å². The molecular weight excluding hydrogens is 304 g/mol. The maximum absolute atomic E-state index is 12.1. The Morgan fingerprint density at radius 2 is 2.05 bits per heavy atom. The number of carbonyl (C=O) groups excluding carboxylic acids is 1. The molecule has 1 saturated heterocycles. The Labute approximate surface area is 131 Å². The third-order valence-electron chi connectivity index (χ3n) is 3.90. The van der Waals surface area contributed by atoms with Gasteiger partial charge in [0.25, 0.3) is 15.9 Å². The number of hydrazine groups is 1. The second kappa shape index (κ2) is 7.21. The van der Waals surface area contributed by atoms with E-state index in [2.05, 4.69) is 24.1 Å². The molecule has 0 spiro atoms. The van der Waals surface area contributed by atoms with Crippen LogP contribution in [-0.2, 0) is 19.6 Å². The smallest absolute Gasteiger partial charge is 0.264 e. The Morgan fingerprint density at radius 3 is 2.59 bits per heavy atom. The van der Waals surface area contributed by atoms with Crippen LogP contribution in [0, 0.1) is 0 Å². The molecule has 2 N–H and O–H groups in total. The van der Waals surface area contributed by atoms with Gasteiger partial charge in [0.15, 0.2) is 0 Å². The van der Waals surface area contributed by atoms with E-state index < -0.39 is 22.0 Å². The molecule has 0 radical (unpaired) electrons. The monoisotopic (exact) mass is 326 g/mol. The Morgan fingerprint density at radius 1 is 1.36 bits per heavy atom. The number of sulfonamides is 1. The summed E-state index contributed by atoms with van der Waals surface area (Å²) in [6, 6.07) is 6.68. The third kappa shape index (κ3) is 4.06. The molecule has 1 aromatic rings. The van der Waals surface area contributed by atoms with Crippen molar-refractivity contribution >= 4 is 15.9 Å². The lowest BCUT2D eigenvalue weighted by Gasteiger charge is -2.13. The zero-order valence-corrected chi connectivity index (χ0v) is 13.7. The van der Waals surface area contributed by atoms with Gasteiger partial charge in [-0.3, -0.25) is 10.2 Å².